The summed E-state index contributed by atoms with van der Waals surface area (Å²) in [7, 11) is 1.62. The van der Waals surface area contributed by atoms with Crippen molar-refractivity contribution in [3.05, 3.63) is 12.1 Å². The number of nitrogens with one attached hydrogen (secondary N) is 1. The Morgan fingerprint density at radius 3 is 2.74 bits per heavy atom. The third-order valence-electron chi connectivity index (χ3n) is 2.43. The summed E-state index contributed by atoms with van der Waals surface area (Å²) in [5, 5.41) is 12.2. The fraction of sp³-hybridized carbons (Fsp3) is 0.615. The summed E-state index contributed by atoms with van der Waals surface area (Å²) in [4.78, 5) is 4.32. The van der Waals surface area contributed by atoms with Crippen molar-refractivity contribution in [1.82, 2.24) is 4.98 Å². The van der Waals surface area contributed by atoms with Gasteiger partial charge in [-0.3, -0.25) is 0 Å². The number of hydrogen-bond acceptors (Lipinski definition) is 6. The average Bonchev–Trinajstić information content (AvgIpc) is 2.33. The minimum Gasteiger partial charge on any atom is -0.473 e. The van der Waals surface area contributed by atoms with E-state index >= 15 is 0 Å². The zero-order valence-corrected chi connectivity index (χ0v) is 11.7. The lowest BCUT2D eigenvalue weighted by Gasteiger charge is -2.18. The first kappa shape index (κ1) is 15.5. The van der Waals surface area contributed by atoms with Gasteiger partial charge in [0.15, 0.2) is 0 Å². The van der Waals surface area contributed by atoms with E-state index in [0.29, 0.717) is 30.4 Å². The van der Waals surface area contributed by atoms with Crippen LogP contribution in [0.5, 0.6) is 5.88 Å². The van der Waals surface area contributed by atoms with E-state index < -0.39 is 0 Å². The molecule has 108 valence electrons. The molecule has 0 radical (unpaired) electrons. The molecule has 19 heavy (non-hydrogen) atoms. The molecular weight excluding hydrogens is 246 g/mol. The number of ether oxygens (including phenoxy) is 2. The van der Waals surface area contributed by atoms with Gasteiger partial charge in [-0.15, -0.1) is 0 Å². The van der Waals surface area contributed by atoms with E-state index in [2.05, 4.69) is 10.3 Å². The van der Waals surface area contributed by atoms with Crippen molar-refractivity contribution >= 4 is 11.5 Å². The Hall–Kier alpha value is -1.53. The van der Waals surface area contributed by atoms with Gasteiger partial charge >= 0.3 is 0 Å². The number of aromatic nitrogens is 1. The zero-order valence-electron chi connectivity index (χ0n) is 11.7. The molecule has 4 N–H and O–H groups in total. The Bertz CT molecular complexity index is 379. The molecule has 0 aliphatic carbocycles. The van der Waals surface area contributed by atoms with Gasteiger partial charge in [-0.2, -0.15) is 4.98 Å². The number of anilines is 2. The summed E-state index contributed by atoms with van der Waals surface area (Å²) in [5.41, 5.74) is 6.31. The van der Waals surface area contributed by atoms with Gasteiger partial charge in [0.05, 0.1) is 24.4 Å². The van der Waals surface area contributed by atoms with E-state index in [9.17, 15) is 0 Å². The van der Waals surface area contributed by atoms with Crippen molar-refractivity contribution in [3.8, 4) is 5.88 Å². The van der Waals surface area contributed by atoms with Crippen LogP contribution in [-0.4, -0.2) is 42.6 Å². The minimum atomic E-state index is -0.00183. The Labute approximate surface area is 113 Å². The molecule has 0 bridgehead atoms. The zero-order chi connectivity index (χ0) is 14.3. The molecule has 1 rings (SSSR count). The molecule has 1 atom stereocenters. The highest BCUT2D eigenvalue weighted by Crippen LogP contribution is 2.22. The molecule has 1 heterocycles. The quantitative estimate of drug-likeness (QED) is 0.658. The van der Waals surface area contributed by atoms with Gasteiger partial charge in [0.1, 0.15) is 5.82 Å². The molecule has 1 aromatic rings. The van der Waals surface area contributed by atoms with Crippen molar-refractivity contribution in [1.29, 1.82) is 0 Å². The van der Waals surface area contributed by atoms with Crippen molar-refractivity contribution < 1.29 is 14.6 Å². The van der Waals surface area contributed by atoms with E-state index in [-0.39, 0.29) is 18.8 Å². The number of nitrogen functional groups attached to an aromatic ring is 1. The molecule has 0 saturated heterocycles. The van der Waals surface area contributed by atoms with E-state index in [1.165, 1.54) is 0 Å². The van der Waals surface area contributed by atoms with Crippen LogP contribution >= 0.6 is 0 Å². The van der Waals surface area contributed by atoms with Gasteiger partial charge in [-0.05, 0) is 32.4 Å². The first-order valence-electron chi connectivity index (χ1n) is 6.36. The van der Waals surface area contributed by atoms with E-state index in [4.69, 9.17) is 20.3 Å². The highest BCUT2D eigenvalue weighted by atomic mass is 16.5. The number of hydrogen-bond donors (Lipinski definition) is 3. The highest BCUT2D eigenvalue weighted by Gasteiger charge is 2.11. The molecule has 0 aromatic carbocycles. The van der Waals surface area contributed by atoms with Gasteiger partial charge in [0.2, 0.25) is 5.88 Å². The Morgan fingerprint density at radius 1 is 1.42 bits per heavy atom. The molecule has 6 nitrogen and oxygen atoms in total. The number of methoxy groups -OCH3 is 1. The number of aliphatic hydroxyl groups excluding tert-OH is 1. The van der Waals surface area contributed by atoms with E-state index in [1.54, 1.807) is 19.2 Å². The normalized spacial score (nSPS) is 12.5. The topological polar surface area (TPSA) is 89.6 Å². The second kappa shape index (κ2) is 7.81. The number of aliphatic hydroxyl groups is 1. The van der Waals surface area contributed by atoms with Crippen molar-refractivity contribution in [2.75, 3.05) is 31.4 Å². The smallest absolute Gasteiger partial charge is 0.239 e. The van der Waals surface area contributed by atoms with Gasteiger partial charge in [0.25, 0.3) is 0 Å². The molecule has 0 aliphatic rings. The maximum atomic E-state index is 9.00. The standard InChI is InChI=1S/C13H23N3O3/c1-9(2)19-13-11(14)4-5-12(16-13)15-10(6-7-17)8-18-3/h4-5,9-10,17H,6-8,14H2,1-3H3,(H,15,16). The van der Waals surface area contributed by atoms with Crippen LogP contribution < -0.4 is 15.8 Å². The van der Waals surface area contributed by atoms with Crippen LogP contribution in [0, 0.1) is 0 Å². The first-order valence-corrected chi connectivity index (χ1v) is 6.36. The monoisotopic (exact) mass is 269 g/mol. The van der Waals surface area contributed by atoms with Crippen LogP contribution in [-0.2, 0) is 4.74 Å². The van der Waals surface area contributed by atoms with Crippen molar-refractivity contribution in [2.45, 2.75) is 32.4 Å². The largest absolute Gasteiger partial charge is 0.473 e. The predicted molar refractivity (Wildman–Crippen MR) is 75.4 cm³/mol. The van der Waals surface area contributed by atoms with Crippen LogP contribution in [0.1, 0.15) is 20.3 Å². The molecule has 1 unspecified atom stereocenters. The summed E-state index contributed by atoms with van der Waals surface area (Å²) in [6.07, 6.45) is 0.595. The van der Waals surface area contributed by atoms with Crippen LogP contribution in [0.25, 0.3) is 0 Å². The van der Waals surface area contributed by atoms with Crippen molar-refractivity contribution in [2.24, 2.45) is 0 Å². The lowest BCUT2D eigenvalue weighted by atomic mass is 10.2. The second-order valence-corrected chi connectivity index (χ2v) is 4.57. The molecule has 0 spiro atoms. The third-order valence-corrected chi connectivity index (χ3v) is 2.43. The molecule has 1 aromatic heterocycles. The van der Waals surface area contributed by atoms with Crippen LogP contribution in [0.2, 0.25) is 0 Å². The number of pyridine rings is 1. The summed E-state index contributed by atoms with van der Waals surface area (Å²) in [6, 6.07) is 3.52. The molecule has 0 aliphatic heterocycles. The second-order valence-electron chi connectivity index (χ2n) is 4.57. The first-order chi connectivity index (χ1) is 9.06. The fourth-order valence-electron chi connectivity index (χ4n) is 1.61. The maximum absolute atomic E-state index is 9.00. The van der Waals surface area contributed by atoms with Gasteiger partial charge in [-0.1, -0.05) is 0 Å². The van der Waals surface area contributed by atoms with E-state index in [0.717, 1.165) is 0 Å². The number of rotatable bonds is 8. The van der Waals surface area contributed by atoms with Gasteiger partial charge < -0.3 is 25.6 Å². The summed E-state index contributed by atoms with van der Waals surface area (Å²) in [6.45, 7) is 4.42. The lowest BCUT2D eigenvalue weighted by molar-refractivity contribution is 0.170. The van der Waals surface area contributed by atoms with Crippen molar-refractivity contribution in [3.63, 3.8) is 0 Å². The average molecular weight is 269 g/mol. The third kappa shape index (κ3) is 5.32. The molecule has 0 fully saturated rings. The van der Waals surface area contributed by atoms with Gasteiger partial charge in [-0.25, -0.2) is 0 Å². The van der Waals surface area contributed by atoms with Crippen LogP contribution in [0.15, 0.2) is 12.1 Å². The number of nitrogens with zero attached hydrogens (tertiary/aromatic N) is 1. The minimum absolute atomic E-state index is 0.00183. The Kier molecular flexibility index (Phi) is 6.38. The maximum Gasteiger partial charge on any atom is 0.239 e. The SMILES string of the molecule is COCC(CCO)Nc1ccc(N)c(OC(C)C)n1. The fourth-order valence-corrected chi connectivity index (χ4v) is 1.61. The van der Waals surface area contributed by atoms with E-state index in [1.807, 2.05) is 13.8 Å². The molecule has 6 heteroatoms. The number of nitrogens with two attached hydrogens (primary N) is 1. The summed E-state index contributed by atoms with van der Waals surface area (Å²) < 4.78 is 10.6. The summed E-state index contributed by atoms with van der Waals surface area (Å²) >= 11 is 0. The van der Waals surface area contributed by atoms with Gasteiger partial charge in [0, 0.05) is 13.7 Å². The Morgan fingerprint density at radius 2 is 2.16 bits per heavy atom. The van der Waals surface area contributed by atoms with Crippen LogP contribution in [0.4, 0.5) is 11.5 Å². The van der Waals surface area contributed by atoms with Crippen LogP contribution in [0.3, 0.4) is 0 Å². The molecule has 0 saturated carbocycles. The summed E-state index contributed by atoms with van der Waals surface area (Å²) in [5.74, 6) is 1.07. The molecular formula is C13H23N3O3. The lowest BCUT2D eigenvalue weighted by Crippen LogP contribution is -2.26. The predicted octanol–water partition coefficient (Wildman–Crippen LogP) is 1.26. The highest BCUT2D eigenvalue weighted by molar-refractivity contribution is 5.53. The molecule has 0 amide bonds. The Balaban J connectivity index is 2.76.